The van der Waals surface area contributed by atoms with Crippen LogP contribution in [0.3, 0.4) is 0 Å². The van der Waals surface area contributed by atoms with Crippen molar-refractivity contribution in [1.29, 1.82) is 0 Å². The number of carboxylic acids is 3. The lowest BCUT2D eigenvalue weighted by Crippen LogP contribution is -2.35. The fourth-order valence-electron chi connectivity index (χ4n) is 2.56. The van der Waals surface area contributed by atoms with Crippen LogP contribution in [0.1, 0.15) is 48.0 Å². The quantitative estimate of drug-likeness (QED) is 0.149. The van der Waals surface area contributed by atoms with Crippen molar-refractivity contribution in [3.8, 4) is 0 Å². The highest BCUT2D eigenvalue weighted by Gasteiger charge is 2.29. The van der Waals surface area contributed by atoms with Crippen LogP contribution in [0.4, 0.5) is 5.69 Å². The first kappa shape index (κ1) is 24.3. The topological polar surface area (TPSA) is 204 Å². The number of anilines is 1. The summed E-state index contributed by atoms with van der Waals surface area (Å²) >= 11 is 0. The molecule has 0 saturated carbocycles. The smallest absolute Gasteiger partial charge is 0.321 e. The van der Waals surface area contributed by atoms with Gasteiger partial charge < -0.3 is 25.9 Å². The number of ketones is 1. The van der Waals surface area contributed by atoms with Gasteiger partial charge >= 0.3 is 17.9 Å². The van der Waals surface area contributed by atoms with E-state index in [0.29, 0.717) is 0 Å². The van der Waals surface area contributed by atoms with Gasteiger partial charge in [-0.2, -0.15) is 0 Å². The zero-order chi connectivity index (χ0) is 22.2. The molecule has 0 bridgehead atoms. The molecule has 1 unspecified atom stereocenters. The van der Waals surface area contributed by atoms with E-state index in [1.807, 2.05) is 0 Å². The largest absolute Gasteiger partial charge is 0.481 e. The van der Waals surface area contributed by atoms with Gasteiger partial charge in [-0.3, -0.25) is 23.7 Å². The number of benzene rings is 1. The lowest BCUT2D eigenvalue weighted by Gasteiger charge is -2.20. The third-order valence-corrected chi connectivity index (χ3v) is 5.40. The lowest BCUT2D eigenvalue weighted by atomic mass is 10.00. The van der Waals surface area contributed by atoms with Crippen LogP contribution in [-0.4, -0.2) is 49.9 Å². The molecule has 1 aromatic carbocycles. The predicted molar refractivity (Wildman–Crippen MR) is 102 cm³/mol. The second-order valence-corrected chi connectivity index (χ2v) is 8.38. The Hall–Kier alpha value is -2.75. The normalized spacial score (nSPS) is 14.0. The van der Waals surface area contributed by atoms with Gasteiger partial charge in [-0.25, -0.2) is 5.09 Å². The highest BCUT2D eigenvalue weighted by molar-refractivity contribution is 7.55. The number of carbonyl (C=O) groups is 4. The van der Waals surface area contributed by atoms with E-state index in [2.05, 4.69) is 5.09 Å². The molecule has 0 aliphatic carbocycles. The van der Waals surface area contributed by atoms with Crippen molar-refractivity contribution in [1.82, 2.24) is 5.09 Å². The standard InChI is InChI=1S/C17H23N2O9P/c18-11-5-4-10(12(8-11)14(20)2-1-3-15(21)22)9-29(27,28)19-13(17(25)26)6-7-16(23)24/h4-5,8,13H,1-3,6-7,9,18H2,(H,21,22)(H,23,24)(H,25,26)(H2,19,27,28)/t13-/m0/s1. The summed E-state index contributed by atoms with van der Waals surface area (Å²) in [6, 6.07) is 2.50. The molecular weight excluding hydrogens is 407 g/mol. The van der Waals surface area contributed by atoms with Crippen molar-refractivity contribution in [3.63, 3.8) is 0 Å². The van der Waals surface area contributed by atoms with Crippen molar-refractivity contribution >= 4 is 36.9 Å². The van der Waals surface area contributed by atoms with E-state index in [1.54, 1.807) is 0 Å². The summed E-state index contributed by atoms with van der Waals surface area (Å²) in [4.78, 5) is 55.0. The number of nitrogens with one attached hydrogen (secondary N) is 1. The van der Waals surface area contributed by atoms with Crippen LogP contribution >= 0.6 is 7.52 Å². The van der Waals surface area contributed by atoms with Gasteiger partial charge in [0.1, 0.15) is 6.04 Å². The van der Waals surface area contributed by atoms with Crippen molar-refractivity contribution in [2.75, 3.05) is 5.73 Å². The first-order valence-electron chi connectivity index (χ1n) is 8.59. The van der Waals surface area contributed by atoms with Crippen LogP contribution in [0.15, 0.2) is 18.2 Å². The van der Waals surface area contributed by atoms with Crippen molar-refractivity contribution in [2.45, 2.75) is 44.3 Å². The molecule has 2 atom stereocenters. The number of hydrogen-bond donors (Lipinski definition) is 6. The van der Waals surface area contributed by atoms with E-state index < -0.39 is 56.3 Å². The predicted octanol–water partition coefficient (Wildman–Crippen LogP) is 1.30. The highest BCUT2D eigenvalue weighted by atomic mass is 31.2. The van der Waals surface area contributed by atoms with E-state index in [4.69, 9.17) is 21.1 Å². The van der Waals surface area contributed by atoms with Gasteiger partial charge in [0.05, 0.1) is 6.16 Å². The fourth-order valence-corrected chi connectivity index (χ4v) is 4.11. The van der Waals surface area contributed by atoms with Gasteiger partial charge in [0, 0.05) is 30.5 Å². The first-order valence-corrected chi connectivity index (χ1v) is 10.4. The molecule has 7 N–H and O–H groups in total. The van der Waals surface area contributed by atoms with Gasteiger partial charge in [0.15, 0.2) is 5.78 Å². The Morgan fingerprint density at radius 2 is 1.66 bits per heavy atom. The van der Waals surface area contributed by atoms with Crippen LogP contribution in [-0.2, 0) is 25.1 Å². The Bertz CT molecular complexity index is 840. The number of nitrogens with two attached hydrogens (primary N) is 1. The maximum atomic E-state index is 12.5. The summed E-state index contributed by atoms with van der Waals surface area (Å²) in [6.07, 6.45) is -1.76. The van der Waals surface area contributed by atoms with E-state index in [0.717, 1.165) is 0 Å². The molecule has 1 aromatic rings. The number of hydrogen-bond acceptors (Lipinski definition) is 6. The summed E-state index contributed by atoms with van der Waals surface area (Å²) in [5.74, 6) is -4.26. The van der Waals surface area contributed by atoms with Crippen LogP contribution in [0, 0.1) is 0 Å². The SMILES string of the molecule is Nc1ccc(CP(=O)(O)N[C@@H](CCC(=O)O)C(=O)O)c(C(=O)CCCC(=O)O)c1. The van der Waals surface area contributed by atoms with Gasteiger partial charge in [-0.1, -0.05) is 6.07 Å². The van der Waals surface area contributed by atoms with Crippen LogP contribution in [0.25, 0.3) is 0 Å². The van der Waals surface area contributed by atoms with Crippen molar-refractivity contribution in [3.05, 3.63) is 29.3 Å². The van der Waals surface area contributed by atoms with Crippen LogP contribution < -0.4 is 10.8 Å². The second kappa shape index (κ2) is 10.7. The fraction of sp³-hybridized carbons (Fsp3) is 0.412. The number of carboxylic acid groups (broad SMARTS) is 3. The Balaban J connectivity index is 2.98. The van der Waals surface area contributed by atoms with E-state index >= 15 is 0 Å². The van der Waals surface area contributed by atoms with Crippen LogP contribution in [0.5, 0.6) is 0 Å². The average Bonchev–Trinajstić information content (AvgIpc) is 2.59. The number of carbonyl (C=O) groups excluding carboxylic acids is 1. The summed E-state index contributed by atoms with van der Waals surface area (Å²) < 4.78 is 12.5. The van der Waals surface area contributed by atoms with Crippen LogP contribution in [0.2, 0.25) is 0 Å². The number of Topliss-reactive ketones (excluding diaryl/α,β-unsaturated/α-hetero) is 1. The van der Waals surface area contributed by atoms with Crippen molar-refractivity contribution < 1.29 is 44.0 Å². The molecule has 29 heavy (non-hydrogen) atoms. The van der Waals surface area contributed by atoms with E-state index in [9.17, 15) is 28.6 Å². The van der Waals surface area contributed by atoms with Gasteiger partial charge in [0.25, 0.3) is 7.52 Å². The molecule has 1 rings (SSSR count). The molecule has 0 aliphatic heterocycles. The highest BCUT2D eigenvalue weighted by Crippen LogP contribution is 2.42. The minimum Gasteiger partial charge on any atom is -0.481 e. The maximum Gasteiger partial charge on any atom is 0.321 e. The second-order valence-electron chi connectivity index (χ2n) is 6.40. The summed E-state index contributed by atoms with van der Waals surface area (Å²) in [7, 11) is -4.32. The molecule has 0 saturated heterocycles. The molecule has 0 amide bonds. The minimum absolute atomic E-state index is 0.0453. The molecular formula is C17H23N2O9P. The summed E-state index contributed by atoms with van der Waals surface area (Å²) in [5.41, 5.74) is 6.07. The number of aliphatic carboxylic acids is 3. The molecule has 0 heterocycles. The first-order chi connectivity index (χ1) is 13.4. The Labute approximate surface area is 166 Å². The zero-order valence-corrected chi connectivity index (χ0v) is 16.3. The Morgan fingerprint density at radius 1 is 1.03 bits per heavy atom. The number of nitrogen functional groups attached to an aromatic ring is 1. The van der Waals surface area contributed by atoms with Crippen molar-refractivity contribution in [2.24, 2.45) is 0 Å². The third kappa shape index (κ3) is 8.86. The monoisotopic (exact) mass is 430 g/mol. The molecule has 0 aromatic heterocycles. The Kier molecular flexibility index (Phi) is 8.96. The molecule has 0 aliphatic rings. The molecule has 160 valence electrons. The van der Waals surface area contributed by atoms with Gasteiger partial charge in [-0.15, -0.1) is 0 Å². The van der Waals surface area contributed by atoms with Gasteiger partial charge in [0.2, 0.25) is 0 Å². The zero-order valence-electron chi connectivity index (χ0n) is 15.4. The number of rotatable bonds is 13. The lowest BCUT2D eigenvalue weighted by molar-refractivity contribution is -0.140. The average molecular weight is 430 g/mol. The molecule has 0 fully saturated rings. The molecule has 11 nitrogen and oxygen atoms in total. The van der Waals surface area contributed by atoms with Gasteiger partial charge in [-0.05, 0) is 30.5 Å². The van der Waals surface area contributed by atoms with E-state index in [-0.39, 0.29) is 36.1 Å². The van der Waals surface area contributed by atoms with E-state index in [1.165, 1.54) is 18.2 Å². The summed E-state index contributed by atoms with van der Waals surface area (Å²) in [5, 5.41) is 28.5. The summed E-state index contributed by atoms with van der Waals surface area (Å²) in [6.45, 7) is 0. The Morgan fingerprint density at radius 3 is 2.21 bits per heavy atom. The molecule has 12 heteroatoms. The third-order valence-electron chi connectivity index (χ3n) is 3.92. The molecule has 0 radical (unpaired) electrons. The molecule has 0 spiro atoms. The minimum atomic E-state index is -4.32. The maximum absolute atomic E-state index is 12.5.